The second-order valence-electron chi connectivity index (χ2n) is 3.02. The first-order chi connectivity index (χ1) is 5.09. The van der Waals surface area contributed by atoms with E-state index < -0.39 is 0 Å². The predicted octanol–water partition coefficient (Wildman–Crippen LogP) is 3.85. The lowest BCUT2D eigenvalue weighted by Crippen LogP contribution is -1.92. The lowest BCUT2D eigenvalue weighted by atomic mass is 10.0. The summed E-state index contributed by atoms with van der Waals surface area (Å²) in [6.07, 6.45) is 3.40. The van der Waals surface area contributed by atoms with Crippen molar-refractivity contribution in [1.82, 2.24) is 0 Å². The van der Waals surface area contributed by atoms with Crippen LogP contribution in [0.5, 0.6) is 0 Å². The molecule has 11 heavy (non-hydrogen) atoms. The maximum Gasteiger partial charge on any atom is 0.122 e. The second-order valence-corrected chi connectivity index (χ2v) is 3.02. The Morgan fingerprint density at radius 2 is 2.09 bits per heavy atom. The summed E-state index contributed by atoms with van der Waals surface area (Å²) < 4.78 is 13.0. The monoisotopic (exact) mass is 156 g/mol. The number of rotatable bonds is 4. The molecular formula is C10H17F. The zero-order valence-corrected chi connectivity index (χ0v) is 7.65. The van der Waals surface area contributed by atoms with Crippen molar-refractivity contribution in [1.29, 1.82) is 0 Å². The van der Waals surface area contributed by atoms with Gasteiger partial charge in [0.25, 0.3) is 0 Å². The van der Waals surface area contributed by atoms with Gasteiger partial charge in [-0.25, -0.2) is 4.39 Å². The summed E-state index contributed by atoms with van der Waals surface area (Å²) in [5.74, 6) is 0.0740. The molecule has 0 atom stereocenters. The Labute approximate surface area is 68.8 Å². The SMILES string of the molecule is C=C(/C(F)=C\CCC)C(C)C. The van der Waals surface area contributed by atoms with Gasteiger partial charge in [0, 0.05) is 0 Å². The Bertz CT molecular complexity index is 154. The van der Waals surface area contributed by atoms with Gasteiger partial charge in [-0.15, -0.1) is 0 Å². The fraction of sp³-hybridized carbons (Fsp3) is 0.600. The first-order valence-corrected chi connectivity index (χ1v) is 4.14. The minimum Gasteiger partial charge on any atom is -0.207 e. The number of hydrogen-bond donors (Lipinski definition) is 0. The van der Waals surface area contributed by atoms with Gasteiger partial charge in [-0.2, -0.15) is 0 Å². The maximum absolute atomic E-state index is 13.0. The van der Waals surface area contributed by atoms with Gasteiger partial charge >= 0.3 is 0 Å². The predicted molar refractivity (Wildman–Crippen MR) is 48.1 cm³/mol. The minimum absolute atomic E-state index is 0.137. The van der Waals surface area contributed by atoms with Crippen molar-refractivity contribution in [2.45, 2.75) is 33.6 Å². The molecule has 0 aliphatic rings. The molecule has 0 unspecified atom stereocenters. The van der Waals surface area contributed by atoms with Crippen LogP contribution in [0, 0.1) is 5.92 Å². The summed E-state index contributed by atoms with van der Waals surface area (Å²) in [6.45, 7) is 9.59. The standard InChI is InChI=1S/C10H17F/c1-5-6-7-10(11)9(4)8(2)3/h7-8H,4-6H2,1-3H3/b10-7+. The van der Waals surface area contributed by atoms with E-state index in [4.69, 9.17) is 0 Å². The molecule has 0 N–H and O–H groups in total. The molecule has 0 aromatic carbocycles. The maximum atomic E-state index is 13.0. The Hall–Kier alpha value is -0.590. The first-order valence-electron chi connectivity index (χ1n) is 4.14. The third-order valence-corrected chi connectivity index (χ3v) is 1.62. The minimum atomic E-state index is -0.137. The lowest BCUT2D eigenvalue weighted by Gasteiger charge is -2.05. The molecule has 0 rings (SSSR count). The highest BCUT2D eigenvalue weighted by Gasteiger charge is 2.04. The summed E-state index contributed by atoms with van der Waals surface area (Å²) >= 11 is 0. The highest BCUT2D eigenvalue weighted by Crippen LogP contribution is 2.18. The first kappa shape index (κ1) is 10.4. The Balaban J connectivity index is 4.01. The van der Waals surface area contributed by atoms with Gasteiger partial charge in [-0.05, 0) is 24.0 Å². The molecule has 0 radical (unpaired) electrons. The molecule has 0 aliphatic carbocycles. The van der Waals surface area contributed by atoms with E-state index in [9.17, 15) is 4.39 Å². The quantitative estimate of drug-likeness (QED) is 0.542. The molecule has 1 heteroatoms. The number of allylic oxidation sites excluding steroid dienone is 3. The van der Waals surface area contributed by atoms with Crippen LogP contribution in [0.15, 0.2) is 24.1 Å². The highest BCUT2D eigenvalue weighted by atomic mass is 19.1. The van der Waals surface area contributed by atoms with Gasteiger partial charge in [0.15, 0.2) is 0 Å². The van der Waals surface area contributed by atoms with Gasteiger partial charge in [-0.3, -0.25) is 0 Å². The third kappa shape index (κ3) is 3.97. The summed E-state index contributed by atoms with van der Waals surface area (Å²) in [6, 6.07) is 0. The van der Waals surface area contributed by atoms with Gasteiger partial charge < -0.3 is 0 Å². The average molecular weight is 156 g/mol. The van der Waals surface area contributed by atoms with Crippen LogP contribution < -0.4 is 0 Å². The van der Waals surface area contributed by atoms with Crippen LogP contribution in [0.3, 0.4) is 0 Å². The lowest BCUT2D eigenvalue weighted by molar-refractivity contribution is 0.603. The molecule has 0 aromatic rings. The largest absolute Gasteiger partial charge is 0.207 e. The van der Waals surface area contributed by atoms with E-state index in [0.717, 1.165) is 12.8 Å². The molecule has 0 saturated heterocycles. The molecule has 0 aliphatic heterocycles. The molecule has 0 spiro atoms. The van der Waals surface area contributed by atoms with Crippen LogP contribution in [-0.4, -0.2) is 0 Å². The zero-order valence-electron chi connectivity index (χ0n) is 7.65. The van der Waals surface area contributed by atoms with Crippen LogP contribution in [0.25, 0.3) is 0 Å². The van der Waals surface area contributed by atoms with Crippen molar-refractivity contribution < 1.29 is 4.39 Å². The van der Waals surface area contributed by atoms with E-state index in [2.05, 4.69) is 6.58 Å². The van der Waals surface area contributed by atoms with Gasteiger partial charge in [0.2, 0.25) is 0 Å². The molecule has 0 amide bonds. The van der Waals surface area contributed by atoms with Crippen molar-refractivity contribution in [2.75, 3.05) is 0 Å². The number of unbranched alkanes of at least 4 members (excludes halogenated alkanes) is 1. The molecule has 0 saturated carbocycles. The number of halogens is 1. The molecule has 0 heterocycles. The Morgan fingerprint density at radius 3 is 2.45 bits per heavy atom. The van der Waals surface area contributed by atoms with E-state index in [1.54, 1.807) is 6.08 Å². The Kier molecular flexibility index (Phi) is 4.84. The number of hydrogen-bond acceptors (Lipinski definition) is 0. The fourth-order valence-electron chi connectivity index (χ4n) is 0.678. The van der Waals surface area contributed by atoms with E-state index >= 15 is 0 Å². The van der Waals surface area contributed by atoms with Crippen LogP contribution in [-0.2, 0) is 0 Å². The van der Waals surface area contributed by atoms with Crippen molar-refractivity contribution in [3.05, 3.63) is 24.1 Å². The Morgan fingerprint density at radius 1 is 1.55 bits per heavy atom. The van der Waals surface area contributed by atoms with E-state index in [-0.39, 0.29) is 11.7 Å². The molecule has 0 aromatic heterocycles. The highest BCUT2D eigenvalue weighted by molar-refractivity contribution is 5.23. The van der Waals surface area contributed by atoms with Crippen molar-refractivity contribution in [3.8, 4) is 0 Å². The second kappa shape index (κ2) is 5.11. The van der Waals surface area contributed by atoms with Crippen LogP contribution in [0.2, 0.25) is 0 Å². The third-order valence-electron chi connectivity index (χ3n) is 1.62. The average Bonchev–Trinajstić information content (AvgIpc) is 1.98. The molecule has 0 bridgehead atoms. The smallest absolute Gasteiger partial charge is 0.122 e. The molecular weight excluding hydrogens is 139 g/mol. The van der Waals surface area contributed by atoms with Crippen molar-refractivity contribution >= 4 is 0 Å². The van der Waals surface area contributed by atoms with E-state index in [1.165, 1.54) is 0 Å². The van der Waals surface area contributed by atoms with E-state index in [0.29, 0.717) is 5.57 Å². The zero-order chi connectivity index (χ0) is 8.85. The van der Waals surface area contributed by atoms with Crippen LogP contribution in [0.4, 0.5) is 4.39 Å². The van der Waals surface area contributed by atoms with Crippen LogP contribution >= 0.6 is 0 Å². The van der Waals surface area contributed by atoms with Gasteiger partial charge in [0.1, 0.15) is 5.83 Å². The van der Waals surface area contributed by atoms with Crippen LogP contribution in [0.1, 0.15) is 33.6 Å². The van der Waals surface area contributed by atoms with Gasteiger partial charge in [0.05, 0.1) is 0 Å². The van der Waals surface area contributed by atoms with Gasteiger partial charge in [-0.1, -0.05) is 33.8 Å². The summed E-state index contributed by atoms with van der Waals surface area (Å²) in [7, 11) is 0. The molecule has 0 fully saturated rings. The van der Waals surface area contributed by atoms with Crippen molar-refractivity contribution in [2.24, 2.45) is 5.92 Å². The van der Waals surface area contributed by atoms with E-state index in [1.807, 2.05) is 20.8 Å². The molecule has 64 valence electrons. The molecule has 0 nitrogen and oxygen atoms in total. The summed E-state index contributed by atoms with van der Waals surface area (Å²) in [5, 5.41) is 0. The normalized spacial score (nSPS) is 12.3. The fourth-order valence-corrected chi connectivity index (χ4v) is 0.678. The summed E-state index contributed by atoms with van der Waals surface area (Å²) in [4.78, 5) is 0. The van der Waals surface area contributed by atoms with Crippen molar-refractivity contribution in [3.63, 3.8) is 0 Å². The topological polar surface area (TPSA) is 0 Å². The summed E-state index contributed by atoms with van der Waals surface area (Å²) in [5.41, 5.74) is 0.610.